The van der Waals surface area contributed by atoms with Crippen molar-refractivity contribution in [2.24, 2.45) is 5.92 Å². The molecular formula is C18H25N3O2. The molecule has 2 atom stereocenters. The van der Waals surface area contributed by atoms with Crippen molar-refractivity contribution in [3.05, 3.63) is 24.3 Å². The third-order valence-electron chi connectivity index (χ3n) is 5.46. The van der Waals surface area contributed by atoms with E-state index in [1.807, 2.05) is 18.2 Å². The van der Waals surface area contributed by atoms with Crippen LogP contribution in [-0.2, 0) is 0 Å². The van der Waals surface area contributed by atoms with Crippen molar-refractivity contribution >= 4 is 16.8 Å². The van der Waals surface area contributed by atoms with Crippen LogP contribution >= 0.6 is 0 Å². The highest BCUT2D eigenvalue weighted by Crippen LogP contribution is 2.32. The van der Waals surface area contributed by atoms with Gasteiger partial charge in [-0.25, -0.2) is 0 Å². The van der Waals surface area contributed by atoms with Gasteiger partial charge in [0.05, 0.1) is 5.39 Å². The Morgan fingerprint density at radius 3 is 3.04 bits per heavy atom. The van der Waals surface area contributed by atoms with Crippen molar-refractivity contribution in [2.75, 3.05) is 37.7 Å². The summed E-state index contributed by atoms with van der Waals surface area (Å²) in [5.74, 6) is 1.76. The maximum atomic E-state index is 9.06. The van der Waals surface area contributed by atoms with E-state index < -0.39 is 0 Å². The van der Waals surface area contributed by atoms with E-state index in [1.54, 1.807) is 0 Å². The minimum Gasteiger partial charge on any atom is -0.396 e. The average Bonchev–Trinajstić information content (AvgIpc) is 3.03. The second-order valence-corrected chi connectivity index (χ2v) is 6.89. The molecule has 1 aromatic carbocycles. The van der Waals surface area contributed by atoms with Crippen LogP contribution in [0.2, 0.25) is 0 Å². The Kier molecular flexibility index (Phi) is 4.23. The van der Waals surface area contributed by atoms with Crippen LogP contribution in [0.15, 0.2) is 28.8 Å². The van der Waals surface area contributed by atoms with E-state index in [0.717, 1.165) is 55.2 Å². The third kappa shape index (κ3) is 2.95. The summed E-state index contributed by atoms with van der Waals surface area (Å²) in [5, 5.41) is 14.5. The molecule has 0 amide bonds. The SMILES string of the molecule is OCCCC1CCN2CCN(c3noc4ccccc34)CC2C1. The lowest BCUT2D eigenvalue weighted by atomic mass is 9.86. The molecule has 124 valence electrons. The van der Waals surface area contributed by atoms with Crippen molar-refractivity contribution in [2.45, 2.75) is 31.7 Å². The van der Waals surface area contributed by atoms with Crippen LogP contribution in [0.5, 0.6) is 0 Å². The molecule has 1 N–H and O–H groups in total. The number of benzene rings is 1. The molecule has 2 aliphatic heterocycles. The lowest BCUT2D eigenvalue weighted by Gasteiger charge is -2.46. The molecule has 23 heavy (non-hydrogen) atoms. The number of aromatic nitrogens is 1. The van der Waals surface area contributed by atoms with Crippen molar-refractivity contribution < 1.29 is 9.63 Å². The Morgan fingerprint density at radius 1 is 1.22 bits per heavy atom. The molecule has 0 aliphatic carbocycles. The van der Waals surface area contributed by atoms with E-state index in [4.69, 9.17) is 9.63 Å². The quantitative estimate of drug-likeness (QED) is 0.939. The fourth-order valence-electron chi connectivity index (χ4n) is 4.20. The van der Waals surface area contributed by atoms with Crippen LogP contribution in [0.3, 0.4) is 0 Å². The third-order valence-corrected chi connectivity index (χ3v) is 5.46. The Bertz CT molecular complexity index is 657. The zero-order valence-corrected chi connectivity index (χ0v) is 13.5. The number of anilines is 1. The first-order chi connectivity index (χ1) is 11.3. The van der Waals surface area contributed by atoms with Crippen LogP contribution in [0.25, 0.3) is 11.0 Å². The van der Waals surface area contributed by atoms with Gasteiger partial charge in [0.1, 0.15) is 0 Å². The minimum absolute atomic E-state index is 0.321. The van der Waals surface area contributed by atoms with E-state index in [2.05, 4.69) is 21.0 Å². The zero-order valence-electron chi connectivity index (χ0n) is 13.5. The lowest BCUT2D eigenvalue weighted by Crippen LogP contribution is -2.56. The van der Waals surface area contributed by atoms with Crippen molar-refractivity contribution in [3.63, 3.8) is 0 Å². The second kappa shape index (κ2) is 6.49. The number of fused-ring (bicyclic) bond motifs is 2. The highest BCUT2D eigenvalue weighted by atomic mass is 16.5. The van der Waals surface area contributed by atoms with E-state index in [1.165, 1.54) is 19.4 Å². The molecular weight excluding hydrogens is 290 g/mol. The first-order valence-corrected chi connectivity index (χ1v) is 8.79. The van der Waals surface area contributed by atoms with Gasteiger partial charge in [0.2, 0.25) is 0 Å². The molecule has 5 heteroatoms. The second-order valence-electron chi connectivity index (χ2n) is 6.89. The molecule has 0 saturated carbocycles. The molecule has 1 aromatic heterocycles. The predicted molar refractivity (Wildman–Crippen MR) is 90.6 cm³/mol. The highest BCUT2D eigenvalue weighted by Gasteiger charge is 2.34. The number of piperazine rings is 1. The molecule has 2 fully saturated rings. The first kappa shape index (κ1) is 15.0. The molecule has 2 saturated heterocycles. The van der Waals surface area contributed by atoms with E-state index in [0.29, 0.717) is 12.6 Å². The van der Waals surface area contributed by atoms with Gasteiger partial charge in [-0.1, -0.05) is 17.3 Å². The summed E-state index contributed by atoms with van der Waals surface area (Å²) in [4.78, 5) is 5.02. The topological polar surface area (TPSA) is 52.7 Å². The molecule has 4 rings (SSSR count). The van der Waals surface area contributed by atoms with Crippen LogP contribution in [-0.4, -0.2) is 54.0 Å². The van der Waals surface area contributed by atoms with Crippen LogP contribution in [0.4, 0.5) is 5.82 Å². The number of para-hydroxylation sites is 1. The summed E-state index contributed by atoms with van der Waals surface area (Å²) in [6.45, 7) is 4.69. The summed E-state index contributed by atoms with van der Waals surface area (Å²) in [6.07, 6.45) is 4.62. The minimum atomic E-state index is 0.321. The maximum absolute atomic E-state index is 9.06. The van der Waals surface area contributed by atoms with Gasteiger partial charge in [0, 0.05) is 32.3 Å². The van der Waals surface area contributed by atoms with Gasteiger partial charge in [0.25, 0.3) is 0 Å². The number of rotatable bonds is 4. The number of nitrogens with zero attached hydrogens (tertiary/aromatic N) is 3. The van der Waals surface area contributed by atoms with Crippen LogP contribution in [0.1, 0.15) is 25.7 Å². The molecule has 2 unspecified atom stereocenters. The molecule has 0 bridgehead atoms. The smallest absolute Gasteiger partial charge is 0.180 e. The Labute approximate surface area is 136 Å². The fourth-order valence-corrected chi connectivity index (χ4v) is 4.20. The van der Waals surface area contributed by atoms with Crippen molar-refractivity contribution in [1.29, 1.82) is 0 Å². The monoisotopic (exact) mass is 315 g/mol. The van der Waals surface area contributed by atoms with Crippen molar-refractivity contribution in [1.82, 2.24) is 10.1 Å². The van der Waals surface area contributed by atoms with Crippen molar-refractivity contribution in [3.8, 4) is 0 Å². The number of hydrogen-bond acceptors (Lipinski definition) is 5. The Balaban J connectivity index is 1.48. The Morgan fingerprint density at radius 2 is 2.13 bits per heavy atom. The van der Waals surface area contributed by atoms with Gasteiger partial charge in [-0.3, -0.25) is 4.90 Å². The molecule has 3 heterocycles. The van der Waals surface area contributed by atoms with Gasteiger partial charge >= 0.3 is 0 Å². The number of aliphatic hydroxyl groups is 1. The number of piperidine rings is 1. The van der Waals surface area contributed by atoms with E-state index in [-0.39, 0.29) is 0 Å². The summed E-state index contributed by atoms with van der Waals surface area (Å²) >= 11 is 0. The van der Waals surface area contributed by atoms with Gasteiger partial charge < -0.3 is 14.5 Å². The Hall–Kier alpha value is -1.59. The largest absolute Gasteiger partial charge is 0.396 e. The summed E-state index contributed by atoms with van der Waals surface area (Å²) in [6, 6.07) is 8.72. The zero-order chi connectivity index (χ0) is 15.6. The number of hydrogen-bond donors (Lipinski definition) is 1. The fraction of sp³-hybridized carbons (Fsp3) is 0.611. The maximum Gasteiger partial charge on any atom is 0.180 e. The summed E-state index contributed by atoms with van der Waals surface area (Å²) in [7, 11) is 0. The van der Waals surface area contributed by atoms with Crippen LogP contribution in [0, 0.1) is 5.92 Å². The summed E-state index contributed by atoms with van der Waals surface area (Å²) in [5.41, 5.74) is 0.870. The number of aliphatic hydroxyl groups excluding tert-OH is 1. The molecule has 2 aliphatic rings. The van der Waals surface area contributed by atoms with Gasteiger partial charge in [-0.15, -0.1) is 0 Å². The van der Waals surface area contributed by atoms with Crippen LogP contribution < -0.4 is 4.90 Å². The molecule has 0 radical (unpaired) electrons. The summed E-state index contributed by atoms with van der Waals surface area (Å²) < 4.78 is 5.48. The average molecular weight is 315 g/mol. The molecule has 5 nitrogen and oxygen atoms in total. The molecule has 0 spiro atoms. The lowest BCUT2D eigenvalue weighted by molar-refractivity contribution is 0.0932. The van der Waals surface area contributed by atoms with Gasteiger partial charge in [-0.05, 0) is 50.3 Å². The van der Waals surface area contributed by atoms with E-state index in [9.17, 15) is 0 Å². The predicted octanol–water partition coefficient (Wildman–Crippen LogP) is 2.50. The first-order valence-electron chi connectivity index (χ1n) is 8.79. The standard InChI is InChI=1S/C18H25N3O2/c22-11-3-4-14-7-8-20-9-10-21(13-15(20)12-14)18-16-5-1-2-6-17(16)23-19-18/h1-2,5-6,14-15,22H,3-4,7-13H2. The van der Waals surface area contributed by atoms with E-state index >= 15 is 0 Å². The highest BCUT2D eigenvalue weighted by molar-refractivity contribution is 5.88. The van der Waals surface area contributed by atoms with Gasteiger partial charge in [-0.2, -0.15) is 0 Å². The molecule has 2 aromatic rings. The van der Waals surface area contributed by atoms with Gasteiger partial charge in [0.15, 0.2) is 11.4 Å². The normalized spacial score (nSPS) is 25.7.